The number of amides is 3. The van der Waals surface area contributed by atoms with E-state index in [1.54, 1.807) is 46.2 Å². The Kier molecular flexibility index (Phi) is 8.23. The normalized spacial score (nSPS) is 15.7. The van der Waals surface area contributed by atoms with Crippen LogP contribution in [-0.2, 0) is 27.3 Å². The van der Waals surface area contributed by atoms with Crippen LogP contribution in [0.1, 0.15) is 38.3 Å². The van der Waals surface area contributed by atoms with Crippen LogP contribution in [0.3, 0.4) is 0 Å². The number of benzene rings is 2. The maximum atomic E-state index is 13.6. The van der Waals surface area contributed by atoms with Gasteiger partial charge in [-0.3, -0.25) is 9.59 Å². The molecule has 10 nitrogen and oxygen atoms in total. The lowest BCUT2D eigenvalue weighted by molar-refractivity contribution is -0.149. The highest BCUT2D eigenvalue weighted by Gasteiger charge is 2.41. The lowest BCUT2D eigenvalue weighted by atomic mass is 9.97. The Labute approximate surface area is 227 Å². The van der Waals surface area contributed by atoms with E-state index in [9.17, 15) is 14.4 Å². The Hall–Kier alpha value is -4.34. The van der Waals surface area contributed by atoms with Gasteiger partial charge in [-0.25, -0.2) is 9.78 Å². The highest BCUT2D eigenvalue weighted by molar-refractivity contribution is 5.93. The maximum Gasteiger partial charge on any atom is 0.408 e. The van der Waals surface area contributed by atoms with Crippen LogP contribution < -0.4 is 21.1 Å². The third-order valence-corrected chi connectivity index (χ3v) is 6.52. The molecule has 0 saturated carbocycles. The summed E-state index contributed by atoms with van der Waals surface area (Å²) in [6.45, 7) is 5.99. The fourth-order valence-corrected chi connectivity index (χ4v) is 4.44. The van der Waals surface area contributed by atoms with Crippen LogP contribution in [-0.4, -0.2) is 59.1 Å². The zero-order valence-corrected chi connectivity index (χ0v) is 22.7. The molecule has 206 valence electrons. The van der Waals surface area contributed by atoms with Gasteiger partial charge in [0.2, 0.25) is 11.8 Å². The van der Waals surface area contributed by atoms with Crippen molar-refractivity contribution in [3.63, 3.8) is 0 Å². The van der Waals surface area contributed by atoms with E-state index in [0.29, 0.717) is 31.1 Å². The minimum atomic E-state index is -0.900. The highest BCUT2D eigenvalue weighted by Crippen LogP contribution is 2.23. The van der Waals surface area contributed by atoms with Crippen molar-refractivity contribution < 1.29 is 23.9 Å². The van der Waals surface area contributed by atoms with Crippen molar-refractivity contribution in [1.82, 2.24) is 20.5 Å². The fourth-order valence-electron chi connectivity index (χ4n) is 4.44. The Morgan fingerprint density at radius 1 is 1.10 bits per heavy atom. The van der Waals surface area contributed by atoms with Crippen LogP contribution >= 0.6 is 0 Å². The van der Waals surface area contributed by atoms with E-state index in [2.05, 4.69) is 15.6 Å². The topological polar surface area (TPSA) is 136 Å². The number of fused-ring (bicyclic) bond motifs is 1. The molecule has 2 heterocycles. The van der Waals surface area contributed by atoms with Crippen molar-refractivity contribution in [2.24, 2.45) is 0 Å². The van der Waals surface area contributed by atoms with Crippen LogP contribution in [0.5, 0.6) is 5.75 Å². The number of alkyl carbamates (subject to hydrolysis) is 1. The van der Waals surface area contributed by atoms with Gasteiger partial charge >= 0.3 is 6.09 Å². The van der Waals surface area contributed by atoms with E-state index in [0.717, 1.165) is 21.9 Å². The molecule has 1 aliphatic heterocycles. The van der Waals surface area contributed by atoms with Gasteiger partial charge in [-0.05, 0) is 68.0 Å². The average Bonchev–Trinajstić information content (AvgIpc) is 2.86. The first kappa shape index (κ1) is 27.7. The van der Waals surface area contributed by atoms with E-state index in [4.69, 9.17) is 15.2 Å². The smallest absolute Gasteiger partial charge is 0.408 e. The number of nitrogens with two attached hydrogens (primary N) is 1. The van der Waals surface area contributed by atoms with Gasteiger partial charge in [-0.15, -0.1) is 0 Å². The van der Waals surface area contributed by atoms with E-state index in [1.807, 2.05) is 36.4 Å². The van der Waals surface area contributed by atoms with Gasteiger partial charge in [-0.2, -0.15) is 0 Å². The summed E-state index contributed by atoms with van der Waals surface area (Å²) in [4.78, 5) is 44.8. The number of carbonyl (C=O) groups excluding carboxylic acids is 3. The van der Waals surface area contributed by atoms with Crippen molar-refractivity contribution in [1.29, 1.82) is 0 Å². The van der Waals surface area contributed by atoms with E-state index < -0.39 is 23.8 Å². The number of hydrogen-bond donors (Lipinski definition) is 3. The molecule has 0 radical (unpaired) electrons. The average molecular weight is 534 g/mol. The zero-order valence-electron chi connectivity index (χ0n) is 22.7. The molecule has 4 rings (SSSR count). The molecule has 1 fully saturated rings. The monoisotopic (exact) mass is 533 g/mol. The van der Waals surface area contributed by atoms with Gasteiger partial charge in [0.15, 0.2) is 0 Å². The number of nitrogens with one attached hydrogen (secondary N) is 2. The minimum absolute atomic E-state index is 0.238. The SMILES string of the molecule is COc1ccc(CC(NC(=O)OC(C)(C)C)C(=O)N2CCC2C(=O)NCc2ccc3c(N)nccc3c2)cc1. The zero-order chi connectivity index (χ0) is 28.2. The number of anilines is 1. The van der Waals surface area contributed by atoms with E-state index in [1.165, 1.54) is 4.90 Å². The number of nitrogen functional groups attached to an aromatic ring is 1. The number of rotatable bonds is 8. The second kappa shape index (κ2) is 11.6. The molecule has 0 aliphatic carbocycles. The lowest BCUT2D eigenvalue weighted by Crippen LogP contribution is -2.62. The Morgan fingerprint density at radius 3 is 2.46 bits per heavy atom. The molecular weight excluding hydrogens is 498 g/mol. The predicted molar refractivity (Wildman–Crippen MR) is 148 cm³/mol. The van der Waals surface area contributed by atoms with Gasteiger partial charge in [-0.1, -0.05) is 24.3 Å². The van der Waals surface area contributed by atoms with Crippen molar-refractivity contribution >= 4 is 34.5 Å². The second-order valence-electron chi connectivity index (χ2n) is 10.6. The number of aromatic nitrogens is 1. The predicted octanol–water partition coefficient (Wildman–Crippen LogP) is 3.18. The molecule has 2 atom stereocenters. The molecule has 0 bridgehead atoms. The summed E-state index contributed by atoms with van der Waals surface area (Å²) in [5.74, 6) is 0.560. The van der Waals surface area contributed by atoms with Crippen molar-refractivity contribution in [2.45, 2.75) is 57.8 Å². The number of carbonyl (C=O) groups is 3. The minimum Gasteiger partial charge on any atom is -0.497 e. The first-order chi connectivity index (χ1) is 18.5. The number of pyridine rings is 1. The Morgan fingerprint density at radius 2 is 1.82 bits per heavy atom. The maximum absolute atomic E-state index is 13.6. The first-order valence-corrected chi connectivity index (χ1v) is 12.9. The van der Waals surface area contributed by atoms with Crippen LogP contribution in [0.25, 0.3) is 10.8 Å². The van der Waals surface area contributed by atoms with E-state index >= 15 is 0 Å². The highest BCUT2D eigenvalue weighted by atomic mass is 16.6. The van der Waals surface area contributed by atoms with Crippen LogP contribution in [0.4, 0.5) is 10.6 Å². The molecular formula is C29H35N5O5. The van der Waals surface area contributed by atoms with Crippen molar-refractivity contribution in [3.8, 4) is 5.75 Å². The van der Waals surface area contributed by atoms with Crippen LogP contribution in [0, 0.1) is 0 Å². The Balaban J connectivity index is 1.42. The largest absolute Gasteiger partial charge is 0.497 e. The standard InChI is InChI=1S/C29H35N5O5/c1-29(2,3)39-28(37)33-23(16-18-5-8-21(38-4)9-6-18)27(36)34-14-12-24(34)26(35)32-17-19-7-10-22-20(15-19)11-13-31-25(22)30/h5-11,13,15,23-24H,12,14,16-17H2,1-4H3,(H2,30,31)(H,32,35)(H,33,37). The number of likely N-dealkylation sites (tertiary alicyclic amines) is 1. The molecule has 10 heteroatoms. The number of hydrogen-bond acceptors (Lipinski definition) is 7. The Bertz CT molecular complexity index is 1350. The molecule has 1 saturated heterocycles. The summed E-state index contributed by atoms with van der Waals surface area (Å²) in [5, 5.41) is 7.43. The summed E-state index contributed by atoms with van der Waals surface area (Å²) in [6, 6.07) is 13.3. The molecule has 3 aromatic rings. The van der Waals surface area contributed by atoms with Crippen LogP contribution in [0.2, 0.25) is 0 Å². The van der Waals surface area contributed by atoms with Crippen molar-refractivity contribution in [3.05, 3.63) is 65.9 Å². The molecule has 2 aromatic carbocycles. The molecule has 39 heavy (non-hydrogen) atoms. The summed E-state index contributed by atoms with van der Waals surface area (Å²) in [5.41, 5.74) is 6.94. The molecule has 4 N–H and O–H groups in total. The summed E-state index contributed by atoms with van der Waals surface area (Å²) in [7, 11) is 1.58. The number of nitrogens with zero attached hydrogens (tertiary/aromatic N) is 2. The van der Waals surface area contributed by atoms with Gasteiger partial charge in [0.05, 0.1) is 7.11 Å². The molecule has 3 amide bonds. The van der Waals surface area contributed by atoms with E-state index in [-0.39, 0.29) is 18.2 Å². The quantitative estimate of drug-likeness (QED) is 0.405. The molecule has 0 spiro atoms. The molecule has 2 unspecified atom stereocenters. The third kappa shape index (κ3) is 6.95. The van der Waals surface area contributed by atoms with Crippen LogP contribution in [0.15, 0.2) is 54.7 Å². The van der Waals surface area contributed by atoms with Gasteiger partial charge in [0.1, 0.15) is 29.3 Å². The first-order valence-electron chi connectivity index (χ1n) is 12.9. The summed E-state index contributed by atoms with van der Waals surface area (Å²) >= 11 is 0. The number of ether oxygens (including phenoxy) is 2. The van der Waals surface area contributed by atoms with Gasteiger partial charge < -0.3 is 30.7 Å². The van der Waals surface area contributed by atoms with Crippen molar-refractivity contribution in [2.75, 3.05) is 19.4 Å². The molecule has 1 aromatic heterocycles. The molecule has 1 aliphatic rings. The van der Waals surface area contributed by atoms with Gasteiger partial charge in [0, 0.05) is 31.1 Å². The lowest BCUT2D eigenvalue weighted by Gasteiger charge is -2.41. The second-order valence-corrected chi connectivity index (χ2v) is 10.6. The van der Waals surface area contributed by atoms with Gasteiger partial charge in [0.25, 0.3) is 0 Å². The summed E-state index contributed by atoms with van der Waals surface area (Å²) in [6.07, 6.45) is 1.73. The summed E-state index contributed by atoms with van der Waals surface area (Å²) < 4.78 is 10.6. The fraction of sp³-hybridized carbons (Fsp3) is 0.379. The third-order valence-electron chi connectivity index (χ3n) is 6.52. The number of methoxy groups -OCH3 is 1.